The second-order valence-corrected chi connectivity index (χ2v) is 3.23. The van der Waals surface area contributed by atoms with Crippen LogP contribution in [0.3, 0.4) is 0 Å². The number of carbonyl (C=O) groups excluding carboxylic acids is 1. The summed E-state index contributed by atoms with van der Waals surface area (Å²) in [7, 11) is 0. The molecule has 0 radical (unpaired) electrons. The molecular formula is C10H11NO. The lowest BCUT2D eigenvalue weighted by atomic mass is 9.80. The van der Waals surface area contributed by atoms with E-state index in [2.05, 4.69) is 4.98 Å². The molecule has 1 fully saturated rings. The Balaban J connectivity index is 2.14. The lowest BCUT2D eigenvalue weighted by molar-refractivity contribution is 0.0855. The first-order valence-corrected chi connectivity index (χ1v) is 4.32. The molecule has 0 bridgehead atoms. The number of Topliss-reactive ketones (excluding diaryl/α,β-unsaturated/α-hetero) is 1. The molecule has 0 atom stereocenters. The fourth-order valence-corrected chi connectivity index (χ4v) is 1.42. The third-order valence-electron chi connectivity index (χ3n) is 2.44. The Morgan fingerprint density at radius 1 is 1.33 bits per heavy atom. The molecule has 0 aliphatic heterocycles. The number of hydrogen-bond donors (Lipinski definition) is 0. The summed E-state index contributed by atoms with van der Waals surface area (Å²) < 4.78 is 0. The van der Waals surface area contributed by atoms with E-state index in [1.807, 2.05) is 0 Å². The molecule has 2 nitrogen and oxygen atoms in total. The zero-order chi connectivity index (χ0) is 8.39. The molecule has 0 saturated heterocycles. The van der Waals surface area contributed by atoms with Crippen molar-refractivity contribution in [3.63, 3.8) is 0 Å². The highest BCUT2D eigenvalue weighted by molar-refractivity contribution is 5.98. The van der Waals surface area contributed by atoms with Crippen molar-refractivity contribution in [1.29, 1.82) is 0 Å². The second-order valence-electron chi connectivity index (χ2n) is 3.23. The van der Waals surface area contributed by atoms with Gasteiger partial charge in [-0.2, -0.15) is 0 Å². The maximum absolute atomic E-state index is 11.6. The summed E-state index contributed by atoms with van der Waals surface area (Å²) in [5.41, 5.74) is 0.815. The van der Waals surface area contributed by atoms with Gasteiger partial charge in [-0.05, 0) is 25.0 Å². The Kier molecular flexibility index (Phi) is 1.90. The van der Waals surface area contributed by atoms with Crippen LogP contribution < -0.4 is 0 Å². The minimum absolute atomic E-state index is 0.295. The van der Waals surface area contributed by atoms with Gasteiger partial charge in [0.2, 0.25) is 0 Å². The fraction of sp³-hybridized carbons (Fsp3) is 0.400. The first-order chi connectivity index (χ1) is 5.88. The van der Waals surface area contributed by atoms with Crippen LogP contribution in [0.25, 0.3) is 0 Å². The predicted molar refractivity (Wildman–Crippen MR) is 45.9 cm³/mol. The Bertz CT molecular complexity index is 277. The quantitative estimate of drug-likeness (QED) is 0.621. The van der Waals surface area contributed by atoms with Crippen molar-refractivity contribution in [2.45, 2.75) is 19.3 Å². The van der Waals surface area contributed by atoms with Gasteiger partial charge in [0, 0.05) is 23.9 Å². The summed E-state index contributed by atoms with van der Waals surface area (Å²) in [6, 6.07) is 3.58. The van der Waals surface area contributed by atoms with Crippen molar-refractivity contribution in [2.24, 2.45) is 5.92 Å². The topological polar surface area (TPSA) is 30.0 Å². The van der Waals surface area contributed by atoms with Crippen LogP contribution in [0.1, 0.15) is 29.6 Å². The van der Waals surface area contributed by atoms with Crippen LogP contribution >= 0.6 is 0 Å². The summed E-state index contributed by atoms with van der Waals surface area (Å²) in [6.45, 7) is 0. The van der Waals surface area contributed by atoms with E-state index in [1.165, 1.54) is 6.42 Å². The van der Waals surface area contributed by atoms with Gasteiger partial charge in [0.25, 0.3) is 0 Å². The number of pyridine rings is 1. The zero-order valence-electron chi connectivity index (χ0n) is 6.86. The minimum atomic E-state index is 0.295. The molecule has 1 aromatic heterocycles. The van der Waals surface area contributed by atoms with Crippen LogP contribution in [0.15, 0.2) is 24.5 Å². The van der Waals surface area contributed by atoms with Gasteiger partial charge in [-0.3, -0.25) is 9.78 Å². The molecule has 12 heavy (non-hydrogen) atoms. The van der Waals surface area contributed by atoms with Crippen molar-refractivity contribution in [3.05, 3.63) is 30.1 Å². The lowest BCUT2D eigenvalue weighted by Crippen LogP contribution is -2.21. The second kappa shape index (κ2) is 3.05. The first kappa shape index (κ1) is 7.47. The summed E-state index contributed by atoms with van der Waals surface area (Å²) in [6.07, 6.45) is 6.70. The smallest absolute Gasteiger partial charge is 0.166 e. The molecule has 2 heteroatoms. The molecule has 1 saturated carbocycles. The van der Waals surface area contributed by atoms with Crippen LogP contribution in [0.4, 0.5) is 0 Å². The van der Waals surface area contributed by atoms with Crippen molar-refractivity contribution < 1.29 is 4.79 Å². The largest absolute Gasteiger partial charge is 0.294 e. The standard InChI is InChI=1S/C10H11NO/c12-10(8-2-1-3-8)9-4-6-11-7-5-9/h4-8H,1-3H2. The van der Waals surface area contributed by atoms with Gasteiger partial charge < -0.3 is 0 Å². The van der Waals surface area contributed by atoms with E-state index in [9.17, 15) is 4.79 Å². The van der Waals surface area contributed by atoms with Crippen molar-refractivity contribution in [2.75, 3.05) is 0 Å². The molecule has 0 aromatic carbocycles. The lowest BCUT2D eigenvalue weighted by Gasteiger charge is -2.23. The molecule has 62 valence electrons. The third-order valence-corrected chi connectivity index (χ3v) is 2.44. The zero-order valence-corrected chi connectivity index (χ0v) is 6.86. The highest BCUT2D eigenvalue weighted by atomic mass is 16.1. The summed E-state index contributed by atoms with van der Waals surface area (Å²) in [5, 5.41) is 0. The van der Waals surface area contributed by atoms with E-state index < -0.39 is 0 Å². The molecule has 0 N–H and O–H groups in total. The Morgan fingerprint density at radius 3 is 2.50 bits per heavy atom. The van der Waals surface area contributed by atoms with Crippen LogP contribution in [0, 0.1) is 5.92 Å². The Labute approximate surface area is 71.6 Å². The average Bonchev–Trinajstić information content (AvgIpc) is 2.03. The molecule has 1 heterocycles. The van der Waals surface area contributed by atoms with Gasteiger partial charge in [0.1, 0.15) is 0 Å². The van der Waals surface area contributed by atoms with Crippen molar-refractivity contribution >= 4 is 5.78 Å². The van der Waals surface area contributed by atoms with Crippen LogP contribution in [-0.4, -0.2) is 10.8 Å². The van der Waals surface area contributed by atoms with E-state index in [-0.39, 0.29) is 0 Å². The molecular weight excluding hydrogens is 150 g/mol. The number of rotatable bonds is 2. The molecule has 0 amide bonds. The monoisotopic (exact) mass is 161 g/mol. The molecule has 1 aliphatic carbocycles. The normalized spacial score (nSPS) is 17.0. The number of nitrogens with zero attached hydrogens (tertiary/aromatic N) is 1. The molecule has 2 rings (SSSR count). The van der Waals surface area contributed by atoms with Gasteiger partial charge in [0.15, 0.2) is 5.78 Å². The van der Waals surface area contributed by atoms with Gasteiger partial charge in [0.05, 0.1) is 0 Å². The van der Waals surface area contributed by atoms with Crippen LogP contribution in [-0.2, 0) is 0 Å². The van der Waals surface area contributed by atoms with Crippen molar-refractivity contribution in [3.8, 4) is 0 Å². The van der Waals surface area contributed by atoms with E-state index in [0.717, 1.165) is 18.4 Å². The highest BCUT2D eigenvalue weighted by Crippen LogP contribution is 2.29. The number of carbonyl (C=O) groups is 1. The number of aromatic nitrogens is 1. The highest BCUT2D eigenvalue weighted by Gasteiger charge is 2.25. The molecule has 0 spiro atoms. The third kappa shape index (κ3) is 1.24. The summed E-state index contributed by atoms with van der Waals surface area (Å²) in [4.78, 5) is 15.5. The molecule has 1 aromatic rings. The SMILES string of the molecule is O=C(c1ccncc1)C1CCC1. The Hall–Kier alpha value is -1.18. The number of hydrogen-bond acceptors (Lipinski definition) is 2. The van der Waals surface area contributed by atoms with Crippen LogP contribution in [0.2, 0.25) is 0 Å². The Morgan fingerprint density at radius 2 is 2.00 bits per heavy atom. The first-order valence-electron chi connectivity index (χ1n) is 4.32. The molecule has 1 aliphatic rings. The van der Waals surface area contributed by atoms with E-state index in [4.69, 9.17) is 0 Å². The van der Waals surface area contributed by atoms with Crippen molar-refractivity contribution in [1.82, 2.24) is 4.98 Å². The minimum Gasteiger partial charge on any atom is -0.294 e. The molecule has 0 unspecified atom stereocenters. The van der Waals surface area contributed by atoms with Gasteiger partial charge in [-0.1, -0.05) is 6.42 Å². The van der Waals surface area contributed by atoms with E-state index in [1.54, 1.807) is 24.5 Å². The maximum Gasteiger partial charge on any atom is 0.166 e. The van der Waals surface area contributed by atoms with E-state index in [0.29, 0.717) is 11.7 Å². The average molecular weight is 161 g/mol. The predicted octanol–water partition coefficient (Wildman–Crippen LogP) is 2.06. The summed E-state index contributed by atoms with van der Waals surface area (Å²) >= 11 is 0. The van der Waals surface area contributed by atoms with Crippen LogP contribution in [0.5, 0.6) is 0 Å². The summed E-state index contributed by atoms with van der Waals surface area (Å²) in [5.74, 6) is 0.594. The fourth-order valence-electron chi connectivity index (χ4n) is 1.42. The van der Waals surface area contributed by atoms with Gasteiger partial charge >= 0.3 is 0 Å². The van der Waals surface area contributed by atoms with Gasteiger partial charge in [-0.25, -0.2) is 0 Å². The maximum atomic E-state index is 11.6. The number of ketones is 1. The van der Waals surface area contributed by atoms with Gasteiger partial charge in [-0.15, -0.1) is 0 Å². The van der Waals surface area contributed by atoms with E-state index >= 15 is 0 Å².